The summed E-state index contributed by atoms with van der Waals surface area (Å²) >= 11 is 2.98. The highest BCUT2D eigenvalue weighted by Crippen LogP contribution is 2.28. The van der Waals surface area contributed by atoms with Crippen molar-refractivity contribution in [2.45, 2.75) is 11.9 Å². The molecule has 2 aromatic rings. The van der Waals surface area contributed by atoms with Gasteiger partial charge in [-0.1, -0.05) is 11.3 Å². The van der Waals surface area contributed by atoms with Gasteiger partial charge in [0.1, 0.15) is 5.69 Å². The van der Waals surface area contributed by atoms with E-state index in [1.807, 2.05) is 0 Å². The van der Waals surface area contributed by atoms with E-state index in [0.29, 0.717) is 5.56 Å². The highest BCUT2D eigenvalue weighted by atomic mass is 79.9. The van der Waals surface area contributed by atoms with Gasteiger partial charge in [-0.15, -0.1) is 5.10 Å². The van der Waals surface area contributed by atoms with Gasteiger partial charge in [0, 0.05) is 13.1 Å². The molecule has 0 radical (unpaired) electrons. The normalized spacial score (nSPS) is 11.4. The molecule has 112 valence electrons. The molecule has 0 saturated heterocycles. The summed E-state index contributed by atoms with van der Waals surface area (Å²) in [5.41, 5.74) is 0.191. The first-order valence-electron chi connectivity index (χ1n) is 5.55. The molecule has 0 bridgehead atoms. The summed E-state index contributed by atoms with van der Waals surface area (Å²) in [6.07, 6.45) is 0. The highest BCUT2D eigenvalue weighted by molar-refractivity contribution is 9.10. The number of nitrogens with zero attached hydrogens (tertiary/aromatic N) is 4. The monoisotopic (exact) mass is 375 g/mol. The number of aromatic nitrogens is 3. The van der Waals surface area contributed by atoms with Gasteiger partial charge in [0.15, 0.2) is 4.60 Å². The molecule has 0 spiro atoms. The number of hydrogen-bond donors (Lipinski definition) is 1. The summed E-state index contributed by atoms with van der Waals surface area (Å²) in [6, 6.07) is 4.19. The fourth-order valence-electron chi connectivity index (χ4n) is 1.68. The molecule has 21 heavy (non-hydrogen) atoms. The van der Waals surface area contributed by atoms with Crippen molar-refractivity contribution >= 4 is 37.3 Å². The van der Waals surface area contributed by atoms with Crippen LogP contribution in [0.4, 0.5) is 11.4 Å². The van der Waals surface area contributed by atoms with Crippen LogP contribution in [0.1, 0.15) is 5.56 Å². The van der Waals surface area contributed by atoms with Crippen LogP contribution in [0.3, 0.4) is 0 Å². The minimum absolute atomic E-state index is 0.0206. The predicted molar refractivity (Wildman–Crippen MR) is 77.3 cm³/mol. The smallest absolute Gasteiger partial charge is 0.272 e. The van der Waals surface area contributed by atoms with E-state index in [0.717, 1.165) is 4.68 Å². The molecule has 0 aliphatic rings. The summed E-state index contributed by atoms with van der Waals surface area (Å²) in [4.78, 5) is 10.4. The van der Waals surface area contributed by atoms with Crippen LogP contribution in [-0.4, -0.2) is 28.3 Å². The van der Waals surface area contributed by atoms with Crippen molar-refractivity contribution in [2.75, 3.05) is 4.72 Å². The minimum Gasteiger partial charge on any atom is -0.272 e. The van der Waals surface area contributed by atoms with Crippen LogP contribution in [0.25, 0.3) is 0 Å². The first-order valence-corrected chi connectivity index (χ1v) is 7.83. The Hall–Kier alpha value is -2.01. The number of hydrogen-bond acceptors (Lipinski definition) is 6. The lowest BCUT2D eigenvalue weighted by Gasteiger charge is -2.08. The summed E-state index contributed by atoms with van der Waals surface area (Å²) in [5, 5.41) is 17.9. The second-order valence-corrected chi connectivity index (χ2v) is 6.54. The first kappa shape index (κ1) is 15.4. The van der Waals surface area contributed by atoms with Crippen LogP contribution in [0.2, 0.25) is 0 Å². The number of halogens is 1. The molecule has 1 aromatic carbocycles. The Kier molecular flexibility index (Phi) is 3.96. The van der Waals surface area contributed by atoms with Crippen molar-refractivity contribution in [1.29, 1.82) is 0 Å². The Morgan fingerprint density at radius 2 is 2.10 bits per heavy atom. The van der Waals surface area contributed by atoms with Crippen molar-refractivity contribution in [3.05, 3.63) is 38.5 Å². The molecule has 9 nitrogen and oxygen atoms in total. The van der Waals surface area contributed by atoms with Crippen LogP contribution in [0.15, 0.2) is 27.8 Å². The second kappa shape index (κ2) is 5.41. The predicted octanol–water partition coefficient (Wildman–Crippen LogP) is 1.60. The van der Waals surface area contributed by atoms with E-state index in [-0.39, 0.29) is 21.0 Å². The maximum Gasteiger partial charge on any atom is 0.293 e. The van der Waals surface area contributed by atoms with Crippen molar-refractivity contribution in [3.8, 4) is 0 Å². The van der Waals surface area contributed by atoms with E-state index in [1.165, 1.54) is 19.2 Å². The summed E-state index contributed by atoms with van der Waals surface area (Å²) in [6.45, 7) is 1.67. The lowest BCUT2D eigenvalue weighted by atomic mass is 10.2. The SMILES string of the molecule is Cc1ccc(NS(=O)(=O)c2c(Br)nnn2C)c([N+](=O)[O-])c1. The number of nitro benzene ring substituents is 1. The lowest BCUT2D eigenvalue weighted by molar-refractivity contribution is -0.383. The third-order valence-corrected chi connectivity index (χ3v) is 4.84. The standard InChI is InChI=1S/C10H10BrN5O4S/c1-6-3-4-7(8(5-6)16(17)18)13-21(19,20)10-9(11)12-14-15(10)2/h3-5,13H,1-2H3. The molecule has 0 saturated carbocycles. The molecule has 0 atom stereocenters. The molecule has 0 fully saturated rings. The average molecular weight is 376 g/mol. The fraction of sp³-hybridized carbons (Fsp3) is 0.200. The molecule has 2 rings (SSSR count). The van der Waals surface area contributed by atoms with Gasteiger partial charge in [-0.25, -0.2) is 4.68 Å². The molecule has 1 N–H and O–H groups in total. The van der Waals surface area contributed by atoms with Crippen LogP contribution in [0.5, 0.6) is 0 Å². The van der Waals surface area contributed by atoms with E-state index in [1.54, 1.807) is 13.0 Å². The van der Waals surface area contributed by atoms with Gasteiger partial charge in [-0.2, -0.15) is 8.42 Å². The number of sulfonamides is 1. The summed E-state index contributed by atoms with van der Waals surface area (Å²) < 4.78 is 27.8. The zero-order chi connectivity index (χ0) is 15.8. The van der Waals surface area contributed by atoms with E-state index in [4.69, 9.17) is 0 Å². The third-order valence-electron chi connectivity index (χ3n) is 2.59. The number of anilines is 1. The Balaban J connectivity index is 2.50. The van der Waals surface area contributed by atoms with Gasteiger partial charge >= 0.3 is 0 Å². The molecule has 1 heterocycles. The van der Waals surface area contributed by atoms with E-state index < -0.39 is 14.9 Å². The van der Waals surface area contributed by atoms with E-state index in [2.05, 4.69) is 31.0 Å². The number of benzene rings is 1. The summed E-state index contributed by atoms with van der Waals surface area (Å²) in [7, 11) is -2.66. The fourth-order valence-corrected chi connectivity index (χ4v) is 3.85. The first-order chi connectivity index (χ1) is 9.72. The Morgan fingerprint density at radius 3 is 2.62 bits per heavy atom. The van der Waals surface area contributed by atoms with Crippen molar-refractivity contribution < 1.29 is 13.3 Å². The van der Waals surface area contributed by atoms with Crippen LogP contribution >= 0.6 is 15.9 Å². The molecule has 0 aliphatic heterocycles. The largest absolute Gasteiger partial charge is 0.293 e. The van der Waals surface area contributed by atoms with Gasteiger partial charge < -0.3 is 0 Å². The van der Waals surface area contributed by atoms with Gasteiger partial charge in [0.25, 0.3) is 15.7 Å². The average Bonchev–Trinajstić information content (AvgIpc) is 2.71. The molecule has 1 aromatic heterocycles. The highest BCUT2D eigenvalue weighted by Gasteiger charge is 2.27. The Labute approximate surface area is 128 Å². The minimum atomic E-state index is -4.06. The Morgan fingerprint density at radius 1 is 1.43 bits per heavy atom. The van der Waals surface area contributed by atoms with Crippen LogP contribution in [-0.2, 0) is 17.1 Å². The van der Waals surface area contributed by atoms with Gasteiger partial charge in [-0.05, 0) is 34.5 Å². The number of nitro groups is 1. The third kappa shape index (κ3) is 3.03. The van der Waals surface area contributed by atoms with E-state index in [9.17, 15) is 18.5 Å². The number of rotatable bonds is 4. The van der Waals surface area contributed by atoms with Crippen molar-refractivity contribution in [2.24, 2.45) is 7.05 Å². The topological polar surface area (TPSA) is 120 Å². The molecule has 0 unspecified atom stereocenters. The van der Waals surface area contributed by atoms with Crippen LogP contribution in [0, 0.1) is 17.0 Å². The maximum atomic E-state index is 12.3. The second-order valence-electron chi connectivity index (χ2n) is 4.19. The zero-order valence-electron chi connectivity index (χ0n) is 10.9. The molecule has 11 heteroatoms. The van der Waals surface area contributed by atoms with Gasteiger partial charge in [0.2, 0.25) is 5.03 Å². The number of nitrogens with one attached hydrogen (secondary N) is 1. The molecule has 0 aliphatic carbocycles. The quantitative estimate of drug-likeness (QED) is 0.639. The van der Waals surface area contributed by atoms with Crippen LogP contribution < -0.4 is 4.72 Å². The van der Waals surface area contributed by atoms with E-state index >= 15 is 0 Å². The summed E-state index contributed by atoms with van der Waals surface area (Å²) in [5.74, 6) is 0. The molecular formula is C10H10BrN5O4S. The molecule has 0 amide bonds. The number of aryl methyl sites for hydroxylation is 2. The van der Waals surface area contributed by atoms with Crippen molar-refractivity contribution in [1.82, 2.24) is 15.0 Å². The van der Waals surface area contributed by atoms with Gasteiger partial charge in [0.05, 0.1) is 4.92 Å². The van der Waals surface area contributed by atoms with Gasteiger partial charge in [-0.3, -0.25) is 14.8 Å². The van der Waals surface area contributed by atoms with Crippen molar-refractivity contribution in [3.63, 3.8) is 0 Å². The Bertz CT molecular complexity index is 797. The lowest BCUT2D eigenvalue weighted by Crippen LogP contribution is -2.18. The molecular weight excluding hydrogens is 366 g/mol. The maximum absolute atomic E-state index is 12.3. The zero-order valence-corrected chi connectivity index (χ0v) is 13.3.